The highest BCUT2D eigenvalue weighted by Gasteiger charge is 2.14. The zero-order chi connectivity index (χ0) is 30.3. The highest BCUT2D eigenvalue weighted by molar-refractivity contribution is 5.94. The van der Waals surface area contributed by atoms with E-state index < -0.39 is 17.9 Å². The fourth-order valence-electron chi connectivity index (χ4n) is 3.68. The topological polar surface area (TPSA) is 88.1 Å². The Morgan fingerprint density at radius 2 is 1.50 bits per heavy atom. The molecule has 0 amide bonds. The molecule has 0 aromatic heterocycles. The van der Waals surface area contributed by atoms with Gasteiger partial charge in [0.2, 0.25) is 0 Å². The molecular weight excluding hydrogens is 539 g/mol. The second kappa shape index (κ2) is 16.3. The van der Waals surface area contributed by atoms with Crippen LogP contribution in [0.3, 0.4) is 0 Å². The van der Waals surface area contributed by atoms with Crippen LogP contribution in [0.5, 0.6) is 11.5 Å². The highest BCUT2D eigenvalue weighted by Crippen LogP contribution is 2.25. The number of rotatable bonds is 15. The van der Waals surface area contributed by atoms with Crippen LogP contribution < -0.4 is 9.47 Å². The van der Waals surface area contributed by atoms with Gasteiger partial charge in [-0.2, -0.15) is 0 Å². The predicted molar refractivity (Wildman–Crippen MR) is 159 cm³/mol. The molecule has 7 nitrogen and oxygen atoms in total. The quantitative estimate of drug-likeness (QED) is 0.0639. The minimum atomic E-state index is -0.712. The number of ether oxygens (including phenoxy) is 4. The Morgan fingerprint density at radius 3 is 2.17 bits per heavy atom. The van der Waals surface area contributed by atoms with Crippen molar-refractivity contribution >= 4 is 30.1 Å². The number of hydrogen-bond acceptors (Lipinski definition) is 7. The number of carbonyl (C=O) groups excluding carboxylic acids is 3. The SMILES string of the molecule is C=CC(=O)OCCCCOc1ccc(-c2ccc(/C=C/c3ccc(OC(=O)C(=C)CC(=O)OCC)cc3)c(F)c2)cc1. The summed E-state index contributed by atoms with van der Waals surface area (Å²) >= 11 is 0. The number of carbonyl (C=O) groups is 3. The van der Waals surface area contributed by atoms with Crippen molar-refractivity contribution in [3.8, 4) is 22.6 Å². The van der Waals surface area contributed by atoms with Crippen LogP contribution >= 0.6 is 0 Å². The standard InChI is InChI=1S/C34H33FO7/c1-4-32(36)41-21-7-6-20-40-29-18-14-26(15-19-29)28-13-12-27(31(35)23-28)11-8-25-9-16-30(17-10-25)42-34(38)24(3)22-33(37)39-5-2/h4,8-19,23H,1,3,5-7,20-22H2,2H3/b11-8+. The van der Waals surface area contributed by atoms with Crippen LogP contribution in [-0.4, -0.2) is 37.7 Å². The van der Waals surface area contributed by atoms with E-state index >= 15 is 0 Å². The average Bonchev–Trinajstić information content (AvgIpc) is 2.99. The summed E-state index contributed by atoms with van der Waals surface area (Å²) in [6.07, 6.45) is 5.73. The van der Waals surface area contributed by atoms with Crippen LogP contribution in [0.25, 0.3) is 23.3 Å². The van der Waals surface area contributed by atoms with Crippen molar-refractivity contribution in [1.29, 1.82) is 0 Å². The molecule has 8 heteroatoms. The highest BCUT2D eigenvalue weighted by atomic mass is 19.1. The largest absolute Gasteiger partial charge is 0.494 e. The van der Waals surface area contributed by atoms with Crippen LogP contribution in [0.2, 0.25) is 0 Å². The van der Waals surface area contributed by atoms with Gasteiger partial charge in [-0.1, -0.05) is 61.7 Å². The Bertz CT molecular complexity index is 1420. The van der Waals surface area contributed by atoms with Crippen LogP contribution in [0.4, 0.5) is 4.39 Å². The van der Waals surface area contributed by atoms with E-state index in [9.17, 15) is 18.8 Å². The first-order chi connectivity index (χ1) is 20.3. The van der Waals surface area contributed by atoms with Crippen molar-refractivity contribution in [2.75, 3.05) is 19.8 Å². The molecule has 0 radical (unpaired) electrons. The van der Waals surface area contributed by atoms with Crippen molar-refractivity contribution in [3.05, 3.63) is 108 Å². The first-order valence-corrected chi connectivity index (χ1v) is 13.4. The summed E-state index contributed by atoms with van der Waals surface area (Å²) in [5, 5.41) is 0. The normalized spacial score (nSPS) is 10.6. The van der Waals surface area contributed by atoms with Gasteiger partial charge in [-0.25, -0.2) is 14.0 Å². The Balaban J connectivity index is 1.50. The molecule has 0 saturated heterocycles. The van der Waals surface area contributed by atoms with Gasteiger partial charge in [0.15, 0.2) is 0 Å². The molecule has 3 rings (SSSR count). The van der Waals surface area contributed by atoms with Gasteiger partial charge < -0.3 is 18.9 Å². The van der Waals surface area contributed by atoms with E-state index in [2.05, 4.69) is 13.2 Å². The summed E-state index contributed by atoms with van der Waals surface area (Å²) < 4.78 is 35.6. The van der Waals surface area contributed by atoms with E-state index in [0.29, 0.717) is 36.7 Å². The number of benzene rings is 3. The van der Waals surface area contributed by atoms with Crippen LogP contribution in [-0.2, 0) is 23.9 Å². The minimum absolute atomic E-state index is 0.00181. The molecule has 0 aliphatic carbocycles. The number of unbranched alkanes of at least 4 members (excludes halogenated alkanes) is 1. The van der Waals surface area contributed by atoms with Gasteiger partial charge in [-0.05, 0) is 66.8 Å². The molecule has 3 aromatic carbocycles. The molecule has 0 atom stereocenters. The maximum Gasteiger partial charge on any atom is 0.339 e. The predicted octanol–water partition coefficient (Wildman–Crippen LogP) is 6.97. The summed E-state index contributed by atoms with van der Waals surface area (Å²) in [5.74, 6) is -1.07. The summed E-state index contributed by atoms with van der Waals surface area (Å²) in [4.78, 5) is 34.6. The lowest BCUT2D eigenvalue weighted by molar-refractivity contribution is -0.144. The first kappa shape index (κ1) is 31.5. The Hall–Kier alpha value is -4.98. The van der Waals surface area contributed by atoms with E-state index in [-0.39, 0.29) is 24.4 Å². The average molecular weight is 573 g/mol. The van der Waals surface area contributed by atoms with Crippen molar-refractivity contribution in [2.24, 2.45) is 0 Å². The molecule has 0 heterocycles. The second-order valence-corrected chi connectivity index (χ2v) is 9.07. The number of halogens is 1. The third-order valence-corrected chi connectivity index (χ3v) is 5.90. The van der Waals surface area contributed by atoms with Gasteiger partial charge in [0.1, 0.15) is 17.3 Å². The molecule has 0 aliphatic heterocycles. The van der Waals surface area contributed by atoms with Gasteiger partial charge >= 0.3 is 17.9 Å². The molecule has 0 aliphatic rings. The molecule has 0 unspecified atom stereocenters. The summed E-state index contributed by atoms with van der Waals surface area (Å²) in [5.41, 5.74) is 2.78. The lowest BCUT2D eigenvalue weighted by atomic mass is 10.0. The van der Waals surface area contributed by atoms with Crippen LogP contribution in [0, 0.1) is 5.82 Å². The molecule has 0 saturated carbocycles. The molecule has 0 spiro atoms. The summed E-state index contributed by atoms with van der Waals surface area (Å²) in [6.45, 7) is 9.63. The van der Waals surface area contributed by atoms with Crippen molar-refractivity contribution in [2.45, 2.75) is 26.2 Å². The lowest BCUT2D eigenvalue weighted by Crippen LogP contribution is -2.15. The van der Waals surface area contributed by atoms with Gasteiger partial charge in [0, 0.05) is 17.2 Å². The van der Waals surface area contributed by atoms with Crippen LogP contribution in [0.1, 0.15) is 37.3 Å². The summed E-state index contributed by atoms with van der Waals surface area (Å²) in [7, 11) is 0. The van der Waals surface area contributed by atoms with Crippen molar-refractivity contribution < 1.29 is 37.7 Å². The maximum atomic E-state index is 14.9. The van der Waals surface area contributed by atoms with Crippen LogP contribution in [0.15, 0.2) is 91.5 Å². The smallest absolute Gasteiger partial charge is 0.339 e. The fraction of sp³-hybridized carbons (Fsp3) is 0.206. The number of hydrogen-bond donors (Lipinski definition) is 0. The Morgan fingerprint density at radius 1 is 0.833 bits per heavy atom. The molecule has 0 N–H and O–H groups in total. The Kier molecular flexibility index (Phi) is 12.3. The first-order valence-electron chi connectivity index (χ1n) is 13.4. The van der Waals surface area contributed by atoms with Crippen molar-refractivity contribution in [3.63, 3.8) is 0 Å². The van der Waals surface area contributed by atoms with E-state index in [1.807, 2.05) is 30.3 Å². The zero-order valence-corrected chi connectivity index (χ0v) is 23.5. The van der Waals surface area contributed by atoms with E-state index in [4.69, 9.17) is 18.9 Å². The van der Waals surface area contributed by atoms with Gasteiger partial charge in [-0.15, -0.1) is 0 Å². The van der Waals surface area contributed by atoms with E-state index in [0.717, 1.165) is 29.2 Å². The third-order valence-electron chi connectivity index (χ3n) is 5.90. The molecule has 0 fully saturated rings. The minimum Gasteiger partial charge on any atom is -0.494 e. The molecule has 3 aromatic rings. The second-order valence-electron chi connectivity index (χ2n) is 9.07. The third kappa shape index (κ3) is 10.2. The monoisotopic (exact) mass is 572 g/mol. The molecule has 42 heavy (non-hydrogen) atoms. The Labute approximate surface area is 244 Å². The number of esters is 3. The molecule has 0 bridgehead atoms. The molecule has 218 valence electrons. The molecular formula is C34H33FO7. The van der Waals surface area contributed by atoms with Gasteiger partial charge in [-0.3, -0.25) is 4.79 Å². The zero-order valence-electron chi connectivity index (χ0n) is 23.5. The maximum absolute atomic E-state index is 14.9. The fourth-order valence-corrected chi connectivity index (χ4v) is 3.68. The van der Waals surface area contributed by atoms with Crippen molar-refractivity contribution in [1.82, 2.24) is 0 Å². The lowest BCUT2D eigenvalue weighted by Gasteiger charge is -2.08. The van der Waals surface area contributed by atoms with E-state index in [1.165, 1.54) is 6.07 Å². The van der Waals surface area contributed by atoms with Gasteiger partial charge in [0.25, 0.3) is 0 Å². The summed E-state index contributed by atoms with van der Waals surface area (Å²) in [6, 6.07) is 19.1. The van der Waals surface area contributed by atoms with E-state index in [1.54, 1.807) is 49.4 Å². The van der Waals surface area contributed by atoms with Gasteiger partial charge in [0.05, 0.1) is 26.2 Å².